The lowest BCUT2D eigenvalue weighted by Crippen LogP contribution is -2.49. The molecule has 1 spiro atoms. The van der Waals surface area contributed by atoms with Gasteiger partial charge >= 0.3 is 0 Å². The maximum atomic E-state index is 12.8. The largest absolute Gasteiger partial charge is 0.598 e. The van der Waals surface area contributed by atoms with Crippen LogP contribution in [0.2, 0.25) is 0 Å². The molecule has 0 aliphatic carbocycles. The second-order valence-corrected chi connectivity index (χ2v) is 10.0. The number of hydrogen-bond acceptors (Lipinski definition) is 5. The number of nitrogens with zero attached hydrogens (tertiary/aromatic N) is 2. The van der Waals surface area contributed by atoms with Gasteiger partial charge in [-0.2, -0.15) is 5.10 Å². The predicted molar refractivity (Wildman–Crippen MR) is 89.0 cm³/mol. The standard InChI is InChI=1S/C16H26N4O2S/c1-15(2,3)23(21)19-14-13-11-8-22-9-12(11)18-20(13)10-16(14)4-6-17-7-5-16/h14,17,19H,4-10H2,1-3H3/t14-,23?/m1/s1. The van der Waals surface area contributed by atoms with Gasteiger partial charge in [-0.25, -0.2) is 0 Å². The molecule has 0 amide bonds. The maximum Gasteiger partial charge on any atom is 0.136 e. The molecule has 1 fully saturated rings. The Hall–Kier alpha value is -0.600. The first-order valence-electron chi connectivity index (χ1n) is 8.46. The van der Waals surface area contributed by atoms with Crippen molar-refractivity contribution in [1.29, 1.82) is 0 Å². The van der Waals surface area contributed by atoms with Crippen LogP contribution in [-0.2, 0) is 35.9 Å². The van der Waals surface area contributed by atoms with Crippen molar-refractivity contribution in [2.45, 2.75) is 64.2 Å². The van der Waals surface area contributed by atoms with Crippen molar-refractivity contribution in [2.24, 2.45) is 5.41 Å². The maximum absolute atomic E-state index is 12.8. The normalized spacial score (nSPS) is 27.2. The molecule has 0 radical (unpaired) electrons. The SMILES string of the molecule is CC(C)(C)[S+]([O-])N[C@@H]1c2c3c(nn2CC12CCNCC2)COC3. The highest BCUT2D eigenvalue weighted by Gasteiger charge is 2.52. The van der Waals surface area contributed by atoms with Crippen molar-refractivity contribution in [2.75, 3.05) is 13.1 Å². The number of rotatable bonds is 2. The zero-order valence-electron chi connectivity index (χ0n) is 14.1. The topological polar surface area (TPSA) is 74.2 Å². The summed E-state index contributed by atoms with van der Waals surface area (Å²) in [4.78, 5) is 0. The van der Waals surface area contributed by atoms with E-state index in [-0.39, 0.29) is 16.2 Å². The van der Waals surface area contributed by atoms with Crippen molar-refractivity contribution in [3.63, 3.8) is 0 Å². The number of fused-ring (bicyclic) bond motifs is 3. The van der Waals surface area contributed by atoms with E-state index in [1.807, 2.05) is 20.8 Å². The van der Waals surface area contributed by atoms with Crippen LogP contribution < -0.4 is 10.0 Å². The fraction of sp³-hybridized carbons (Fsp3) is 0.812. The molecular weight excluding hydrogens is 312 g/mol. The van der Waals surface area contributed by atoms with E-state index >= 15 is 0 Å². The summed E-state index contributed by atoms with van der Waals surface area (Å²) in [6, 6.07) is 0.0996. The third kappa shape index (κ3) is 2.53. The minimum atomic E-state index is -1.10. The molecule has 0 aromatic carbocycles. The molecule has 1 aromatic rings. The molecule has 2 atom stereocenters. The second-order valence-electron chi connectivity index (χ2n) is 8.01. The van der Waals surface area contributed by atoms with Crippen molar-refractivity contribution in [1.82, 2.24) is 19.8 Å². The third-order valence-corrected chi connectivity index (χ3v) is 6.96. The number of piperidine rings is 1. The Bertz CT molecular complexity index is 604. The second kappa shape index (κ2) is 5.46. The Kier molecular flexibility index (Phi) is 3.77. The number of ether oxygens (including phenoxy) is 1. The molecule has 4 rings (SSSR count). The van der Waals surface area contributed by atoms with E-state index in [0.29, 0.717) is 13.2 Å². The predicted octanol–water partition coefficient (Wildman–Crippen LogP) is 1.39. The van der Waals surface area contributed by atoms with Gasteiger partial charge in [0.1, 0.15) is 10.8 Å². The van der Waals surface area contributed by atoms with Crippen LogP contribution in [0.3, 0.4) is 0 Å². The number of hydrogen-bond donors (Lipinski definition) is 2. The summed E-state index contributed by atoms with van der Waals surface area (Å²) in [5, 5.41) is 8.23. The average molecular weight is 338 g/mol. The fourth-order valence-corrected chi connectivity index (χ4v) is 4.98. The van der Waals surface area contributed by atoms with E-state index in [1.165, 1.54) is 11.3 Å². The van der Waals surface area contributed by atoms with Crippen LogP contribution in [0.5, 0.6) is 0 Å². The first-order chi connectivity index (χ1) is 10.9. The molecule has 3 aliphatic rings. The Balaban J connectivity index is 1.71. The van der Waals surface area contributed by atoms with Gasteiger partial charge in [0.2, 0.25) is 0 Å². The summed E-state index contributed by atoms with van der Waals surface area (Å²) in [6.45, 7) is 10.3. The van der Waals surface area contributed by atoms with Crippen LogP contribution in [-0.4, -0.2) is 32.2 Å². The van der Waals surface area contributed by atoms with E-state index in [1.54, 1.807) is 0 Å². The summed E-state index contributed by atoms with van der Waals surface area (Å²) < 4.78 is 23.8. The zero-order chi connectivity index (χ0) is 16.2. The lowest BCUT2D eigenvalue weighted by molar-refractivity contribution is 0.130. The minimum absolute atomic E-state index is 0.0996. The molecule has 2 N–H and O–H groups in total. The van der Waals surface area contributed by atoms with E-state index in [4.69, 9.17) is 9.84 Å². The lowest BCUT2D eigenvalue weighted by atomic mass is 9.73. The van der Waals surface area contributed by atoms with E-state index in [0.717, 1.165) is 38.2 Å². The van der Waals surface area contributed by atoms with Gasteiger partial charge in [-0.1, -0.05) is 0 Å². The van der Waals surface area contributed by atoms with Gasteiger partial charge < -0.3 is 14.6 Å². The Morgan fingerprint density at radius 3 is 2.78 bits per heavy atom. The minimum Gasteiger partial charge on any atom is -0.598 e. The lowest BCUT2D eigenvalue weighted by Gasteiger charge is -2.39. The Morgan fingerprint density at radius 1 is 1.35 bits per heavy atom. The van der Waals surface area contributed by atoms with Gasteiger partial charge in [0.25, 0.3) is 0 Å². The fourth-order valence-electron chi connectivity index (χ4n) is 4.05. The van der Waals surface area contributed by atoms with Crippen molar-refractivity contribution in [3.8, 4) is 0 Å². The van der Waals surface area contributed by atoms with Gasteiger partial charge in [0.15, 0.2) is 0 Å². The van der Waals surface area contributed by atoms with E-state index in [2.05, 4.69) is 14.7 Å². The highest BCUT2D eigenvalue weighted by molar-refractivity contribution is 7.90. The van der Waals surface area contributed by atoms with Gasteiger partial charge in [-0.3, -0.25) is 4.68 Å². The molecule has 4 heterocycles. The van der Waals surface area contributed by atoms with Gasteiger partial charge in [0.05, 0.1) is 24.6 Å². The highest BCUT2D eigenvalue weighted by atomic mass is 32.2. The molecule has 1 unspecified atom stereocenters. The average Bonchev–Trinajstić information content (AvgIpc) is 3.11. The van der Waals surface area contributed by atoms with Gasteiger partial charge in [-0.05, 0) is 46.7 Å². The van der Waals surface area contributed by atoms with Crippen LogP contribution in [0.15, 0.2) is 0 Å². The van der Waals surface area contributed by atoms with E-state index in [9.17, 15) is 4.55 Å². The summed E-state index contributed by atoms with van der Waals surface area (Å²) in [5.41, 5.74) is 3.63. The van der Waals surface area contributed by atoms with Crippen LogP contribution in [0.1, 0.15) is 56.6 Å². The summed E-state index contributed by atoms with van der Waals surface area (Å²) in [6.07, 6.45) is 2.18. The monoisotopic (exact) mass is 338 g/mol. The molecule has 1 aromatic heterocycles. The molecular formula is C16H26N4O2S. The first-order valence-corrected chi connectivity index (χ1v) is 9.61. The molecule has 7 heteroatoms. The molecule has 3 aliphatic heterocycles. The van der Waals surface area contributed by atoms with Crippen LogP contribution in [0.4, 0.5) is 0 Å². The Labute approximate surface area is 140 Å². The Morgan fingerprint density at radius 2 is 2.09 bits per heavy atom. The summed E-state index contributed by atoms with van der Waals surface area (Å²) >= 11 is -1.10. The number of aromatic nitrogens is 2. The molecule has 23 heavy (non-hydrogen) atoms. The van der Waals surface area contributed by atoms with Crippen molar-refractivity contribution in [3.05, 3.63) is 17.0 Å². The van der Waals surface area contributed by atoms with Gasteiger partial charge in [0, 0.05) is 28.9 Å². The number of nitrogens with one attached hydrogen (secondary N) is 2. The molecule has 0 saturated carbocycles. The highest BCUT2D eigenvalue weighted by Crippen LogP contribution is 2.51. The first kappa shape index (κ1) is 15.9. The van der Waals surface area contributed by atoms with Crippen molar-refractivity contribution >= 4 is 11.4 Å². The molecule has 0 bridgehead atoms. The molecule has 128 valence electrons. The van der Waals surface area contributed by atoms with Crippen LogP contribution in [0.25, 0.3) is 0 Å². The smallest absolute Gasteiger partial charge is 0.136 e. The quantitative estimate of drug-likeness (QED) is 0.797. The van der Waals surface area contributed by atoms with Gasteiger partial charge in [-0.15, -0.1) is 4.72 Å². The molecule has 6 nitrogen and oxygen atoms in total. The summed E-state index contributed by atoms with van der Waals surface area (Å²) in [7, 11) is 0. The molecule has 1 saturated heterocycles. The van der Waals surface area contributed by atoms with E-state index < -0.39 is 11.4 Å². The van der Waals surface area contributed by atoms with Crippen molar-refractivity contribution < 1.29 is 9.29 Å². The summed E-state index contributed by atoms with van der Waals surface area (Å²) in [5.74, 6) is 0. The zero-order valence-corrected chi connectivity index (χ0v) is 15.0. The third-order valence-electron chi connectivity index (χ3n) is 5.39. The van der Waals surface area contributed by atoms with Crippen LogP contribution in [0, 0.1) is 5.41 Å². The van der Waals surface area contributed by atoms with Crippen LogP contribution >= 0.6 is 0 Å².